The van der Waals surface area contributed by atoms with Crippen LogP contribution in [0.25, 0.3) is 0 Å². The van der Waals surface area contributed by atoms with Crippen LogP contribution in [0.15, 0.2) is 142 Å². The van der Waals surface area contributed by atoms with E-state index >= 15 is 0 Å². The third-order valence-corrected chi connectivity index (χ3v) is 25.9. The average Bonchev–Trinajstić information content (AvgIpc) is 1.48. The van der Waals surface area contributed by atoms with E-state index in [0.29, 0.717) is 63.9 Å². The Hall–Kier alpha value is -13.9. The predicted molar refractivity (Wildman–Crippen MR) is 562 cm³/mol. The van der Waals surface area contributed by atoms with E-state index in [1.54, 1.807) is 66.2 Å². The molecule has 0 saturated carbocycles. The molecule has 2 fully saturated rings. The van der Waals surface area contributed by atoms with E-state index in [1.165, 1.54) is 71.1 Å². The van der Waals surface area contributed by atoms with Crippen molar-refractivity contribution >= 4 is 288 Å². The second-order valence-electron chi connectivity index (χ2n) is 28.3. The van der Waals surface area contributed by atoms with Gasteiger partial charge in [0, 0.05) is 123 Å². The van der Waals surface area contributed by atoms with Crippen LogP contribution in [-0.2, 0) is 31.9 Å². The number of carbonyl (C=O) groups excluding carboxylic acids is 6. The van der Waals surface area contributed by atoms with Gasteiger partial charge in [-0.25, -0.2) is 49.3 Å². The summed E-state index contributed by atoms with van der Waals surface area (Å²) in [4.78, 5) is 163. The van der Waals surface area contributed by atoms with Gasteiger partial charge in [0.05, 0.1) is 105 Å². The summed E-state index contributed by atoms with van der Waals surface area (Å²) in [6.07, 6.45) is 8.43. The molecule has 0 unspecified atom stereocenters. The van der Waals surface area contributed by atoms with Crippen LogP contribution in [0.1, 0.15) is 78.2 Å². The number of thiophene rings is 6. The van der Waals surface area contributed by atoms with Crippen molar-refractivity contribution in [3.63, 3.8) is 0 Å². The zero-order valence-corrected chi connectivity index (χ0v) is 88.1. The van der Waals surface area contributed by atoms with Crippen LogP contribution >= 0.6 is 138 Å². The number of aryl methyl sites for hydroxylation is 1. The van der Waals surface area contributed by atoms with E-state index in [4.69, 9.17) is 111 Å². The molecule has 4 aliphatic rings. The molecular formula is C86H88Cl6LiN28O19S6-. The Morgan fingerprint density at radius 1 is 0.466 bits per heavy atom. The Bertz CT molecular complexity index is 6840. The number of ketones is 2. The molecule has 0 aliphatic carbocycles. The number of nitrogens with two attached hydrogens (primary N) is 3. The minimum Gasteiger partial charge on any atom is -0.870 e. The zero-order chi connectivity index (χ0) is 104. The maximum absolute atomic E-state index is 12.4. The number of likely N-dealkylation sites (N-methyl/N-ethyl adjacent to an activating group) is 2. The molecule has 146 heavy (non-hydrogen) atoms. The molecule has 12 aromatic heterocycles. The second-order valence-corrected chi connectivity index (χ2v) is 36.1. The molecule has 47 nitrogen and oxygen atoms in total. The van der Waals surface area contributed by atoms with Crippen LogP contribution in [0, 0.1) is 44.7 Å². The Morgan fingerprint density at radius 2 is 0.849 bits per heavy atom. The molecule has 766 valence electrons. The first-order chi connectivity index (χ1) is 68.5. The van der Waals surface area contributed by atoms with Gasteiger partial charge in [-0.1, -0.05) is 25.4 Å². The number of aromatic carboxylic acids is 1. The van der Waals surface area contributed by atoms with Crippen molar-refractivity contribution in [3.05, 3.63) is 252 Å². The van der Waals surface area contributed by atoms with Gasteiger partial charge in [0.15, 0.2) is 17.4 Å². The summed E-state index contributed by atoms with van der Waals surface area (Å²) < 4.78 is 20.2. The van der Waals surface area contributed by atoms with E-state index in [9.17, 15) is 54.3 Å². The SMILES string of the molecule is CC.COC(=O)c1sccc1Nc1nc(Cl)ncc1N.COC(=O)c1sccc1Nc1nc(Cl)ncc1[N+](=O)[O-].COc1cc(N2CCN(C)CC2)ccc1N.COc1cc(N2CCN(C)CC2)ccc1Nc1ncc2c(n1)Nc1ccsc1C(=O)C2.Cc1sccc1N.O=C(O)c1sccc1Nc1nc(Cl)ncc1[N+](=O)[O-].O=C1Cc2cnc(Cl)nc2Nc2ccsc21.O=C=O.O=[N+]([O-])c1cnc(Cl)nc1Cl.[CH3-].[Li+].[OH-]. The number of nitrogen functional groups attached to an aromatic ring is 3. The van der Waals surface area contributed by atoms with Crippen molar-refractivity contribution in [1.82, 2.24) is 69.6 Å². The van der Waals surface area contributed by atoms with Crippen molar-refractivity contribution < 1.29 is 96.7 Å². The first-order valence-corrected chi connectivity index (χ1v) is 48.6. The minimum absolute atomic E-state index is 0. The van der Waals surface area contributed by atoms with Crippen molar-refractivity contribution in [2.75, 3.05) is 154 Å². The van der Waals surface area contributed by atoms with E-state index in [1.807, 2.05) is 79.4 Å². The fraction of sp³-hybridized carbons (Fsp3) is 0.221. The molecule has 14 aromatic rings. The molecule has 4 aliphatic heterocycles. The number of methoxy groups -OCH3 is 4. The number of halogens is 6. The molecule has 0 amide bonds. The van der Waals surface area contributed by atoms with E-state index in [2.05, 4.69) is 147 Å². The van der Waals surface area contributed by atoms with Crippen LogP contribution in [0.3, 0.4) is 0 Å². The number of hydrogen-bond donors (Lipinski definition) is 10. The number of Topliss-reactive ketones (excluding diaryl/α,β-unsaturated/α-hetero) is 2. The fourth-order valence-corrected chi connectivity index (χ4v) is 17.5. The summed E-state index contributed by atoms with van der Waals surface area (Å²) in [7, 11) is 10.2. The number of benzene rings is 2. The summed E-state index contributed by atoms with van der Waals surface area (Å²) in [6, 6.07) is 22.6. The number of piperazine rings is 2. The monoisotopic (exact) mass is 2230 g/mol. The number of nitrogens with zero attached hydrogens (tertiary/aromatic N) is 19. The molecule has 0 atom stereocenters. The summed E-state index contributed by atoms with van der Waals surface area (Å²) in [5, 5.41) is 68.9. The van der Waals surface area contributed by atoms with E-state index in [-0.39, 0.29) is 120 Å². The number of anilines is 17. The number of carbonyl (C=O) groups is 5. The van der Waals surface area contributed by atoms with Gasteiger partial charge >= 0.3 is 60.0 Å². The van der Waals surface area contributed by atoms with Gasteiger partial charge in [-0.15, -0.1) is 68.0 Å². The standard InChI is InChI=1S/C22H24N6O2S.C12H19N3O.C10H7ClN4O4S.C10H9ClN4O2S.C10H6ClN3OS.C9H5ClN4O4S.C5H7NS.C4HCl2N3O2.C2H6.CO2.CH3.Li.H2O/c1-27-6-8-28(9-7-27)15-3-4-16(19(12-15)30-2)25-22-23-13-14-11-18(29)20-17(5-10-31-20)24-21(14)26-22;1-14-5-7-15(8-6-14)10-3-4-11(13)12(9-10)16-2;1-19-9(16)7-5(2-3-20-7)13-8-6(15(17)18)4-12-10(11)14-8;1-17-9(16)7-6(2-3-18-7)14-8-5(12)4-13-10(11)15-8;11-10-12-4-5-3-7(15)8-6(1-2-16-8)13-9(5)14-10;10-9-11-3-5(14(17)18)7(13-9)12-4-1-2-19-6(4)8(15)16;1-4-5(6)2-3-7-4;5-3-2(9(10)11)1-7-4(6)8-3;1-2;2-1-3;;;/h3-5,10,12-13H,6-9,11H2,1-2H3,(H2,23,24,25,26);3-4,9H,5-8,13H2,1-2H3;2-4H,1H3,(H,12,13,14);2-4H,12H2,1H3,(H,13,14,15);1-2,4H,3H2,(H,12,13,14);1-3H,(H,15,16)(H,11,12,13);2-3H,6H2,1H3;1H;1-2H3;;1H3;;1H2/q;;;;;;;;;;-1;+1;/p-1. The topological polar surface area (TPSA) is 654 Å². The molecule has 0 radical (unpaired) electrons. The van der Waals surface area contributed by atoms with Gasteiger partial charge in [-0.2, -0.15) is 34.5 Å². The Morgan fingerprint density at radius 3 is 1.27 bits per heavy atom. The van der Waals surface area contributed by atoms with Gasteiger partial charge < -0.3 is 106 Å². The summed E-state index contributed by atoms with van der Waals surface area (Å²) >= 11 is 41.2. The molecule has 16 heterocycles. The van der Waals surface area contributed by atoms with Gasteiger partial charge in [0.25, 0.3) is 0 Å². The van der Waals surface area contributed by atoms with Crippen LogP contribution in [0.4, 0.5) is 115 Å². The van der Waals surface area contributed by atoms with Gasteiger partial charge in [0.1, 0.15) is 56.4 Å². The van der Waals surface area contributed by atoms with Crippen LogP contribution in [0.5, 0.6) is 11.5 Å². The third-order valence-electron chi connectivity index (χ3n) is 19.3. The number of carboxylic acid groups (broad SMARTS) is 1. The molecule has 2 saturated heterocycles. The number of esters is 2. The van der Waals surface area contributed by atoms with Crippen molar-refractivity contribution in [1.29, 1.82) is 0 Å². The number of aromatic nitrogens is 12. The normalized spacial score (nSPS) is 12.1. The smallest absolute Gasteiger partial charge is 0.870 e. The number of rotatable bonds is 18. The first-order valence-electron chi connectivity index (χ1n) is 41.1. The van der Waals surface area contributed by atoms with Gasteiger partial charge in [0.2, 0.25) is 49.2 Å². The number of fused-ring (bicyclic) bond motifs is 4. The quantitative estimate of drug-likeness (QED) is 0.00557. The van der Waals surface area contributed by atoms with Crippen molar-refractivity contribution in [3.8, 4) is 11.5 Å². The van der Waals surface area contributed by atoms with E-state index in [0.717, 1.165) is 154 Å². The number of nitro groups is 3. The maximum atomic E-state index is 12.4. The number of nitrogens with one attached hydrogen (secondary N) is 6. The summed E-state index contributed by atoms with van der Waals surface area (Å²) in [5.41, 5.74) is 25.2. The molecule has 18 rings (SSSR count). The van der Waals surface area contributed by atoms with Gasteiger partial charge in [-0.05, 0) is 172 Å². The number of ether oxygens (including phenoxy) is 4. The fourth-order valence-electron chi connectivity index (χ4n) is 12.2. The largest absolute Gasteiger partial charge is 1.00 e. The van der Waals surface area contributed by atoms with Crippen molar-refractivity contribution in [2.45, 2.75) is 33.6 Å². The van der Waals surface area contributed by atoms with Crippen LogP contribution in [0.2, 0.25) is 31.6 Å². The molecule has 0 bridgehead atoms. The molecule has 0 spiro atoms. The molecule has 60 heteroatoms. The second kappa shape index (κ2) is 59.5. The molecule has 2 aromatic carbocycles. The average molecular weight is 2230 g/mol. The Labute approximate surface area is 897 Å². The Balaban J connectivity index is 0.000000259. The molecular weight excluding hydrogens is 2140 g/mol. The summed E-state index contributed by atoms with van der Waals surface area (Å²) in [5.74, 6) is 1.35. The van der Waals surface area contributed by atoms with Crippen LogP contribution < -0.4 is 87.2 Å². The third kappa shape index (κ3) is 34.6. The van der Waals surface area contributed by atoms with Crippen molar-refractivity contribution in [2.24, 2.45) is 0 Å². The van der Waals surface area contributed by atoms with Gasteiger partial charge in [-0.3, -0.25) is 39.9 Å². The predicted octanol–water partition coefficient (Wildman–Crippen LogP) is 15.8. The molecule has 14 N–H and O–H groups in total. The minimum atomic E-state index is -1.14. The number of hydrogen-bond acceptors (Lipinski definition) is 49. The summed E-state index contributed by atoms with van der Waals surface area (Å²) in [6.45, 7) is 14.4. The maximum Gasteiger partial charge on any atom is 1.00 e. The zero-order valence-electron chi connectivity index (χ0n) is 78.7. The van der Waals surface area contributed by atoms with E-state index < -0.39 is 38.4 Å². The Kier molecular flexibility index (Phi) is 49.2. The van der Waals surface area contributed by atoms with Crippen LogP contribution in [-0.4, -0.2) is 225 Å². The first kappa shape index (κ1) is 121. The number of carboxylic acids is 1.